The minimum absolute atomic E-state index is 0.0201. The van der Waals surface area contributed by atoms with Crippen molar-refractivity contribution in [1.82, 2.24) is 0 Å². The van der Waals surface area contributed by atoms with Crippen LogP contribution in [-0.4, -0.2) is 53.6 Å². The minimum atomic E-state index is -5.03. The molecular weight excluding hydrogens is 640 g/mol. The molecule has 0 amide bonds. The second kappa shape index (κ2) is 11.8. The predicted octanol–water partition coefficient (Wildman–Crippen LogP) is 7.09. The fourth-order valence-electron chi connectivity index (χ4n) is 6.39. The molecule has 1 aromatic carbocycles. The number of carbonyl (C=O) groups excluding carboxylic acids is 1. The third-order valence-electron chi connectivity index (χ3n) is 8.76. The van der Waals surface area contributed by atoms with E-state index in [0.29, 0.717) is 12.8 Å². The predicted molar refractivity (Wildman–Crippen MR) is 152 cm³/mol. The third kappa shape index (κ3) is 5.72. The van der Waals surface area contributed by atoms with Gasteiger partial charge in [0.15, 0.2) is 11.6 Å². The van der Waals surface area contributed by atoms with Crippen molar-refractivity contribution in [3.05, 3.63) is 48.0 Å². The summed E-state index contributed by atoms with van der Waals surface area (Å²) in [6.07, 6.45) is 2.13. The normalized spacial score (nSPS) is 36.5. The Morgan fingerprint density at radius 2 is 1.88 bits per heavy atom. The molecule has 1 aromatic rings. The molecule has 2 spiro atoms. The lowest BCUT2D eigenvalue weighted by molar-refractivity contribution is -0.388. The largest absolute Gasteiger partial charge is 0.463 e. The Hall–Kier alpha value is -1.21. The number of rotatable bonds is 8. The van der Waals surface area contributed by atoms with E-state index < -0.39 is 35.4 Å². The van der Waals surface area contributed by atoms with E-state index in [9.17, 15) is 18.0 Å². The highest BCUT2D eigenvalue weighted by molar-refractivity contribution is 14.1. The number of methoxy groups -OCH3 is 1. The van der Waals surface area contributed by atoms with Crippen LogP contribution in [0.25, 0.3) is 0 Å². The van der Waals surface area contributed by atoms with Crippen LogP contribution < -0.4 is 0 Å². The van der Waals surface area contributed by atoms with Crippen molar-refractivity contribution in [2.24, 2.45) is 17.8 Å². The summed E-state index contributed by atoms with van der Waals surface area (Å²) < 4.78 is 74.2. The summed E-state index contributed by atoms with van der Waals surface area (Å²) in [7, 11) is 0.868. The SMILES string of the molecule is CC[C@@H](COC(=O)[C@@](OC)(c1ccccc1)C(F)(F)F)[C@H]1O[C@@]2(C=CC[C@]3(CC[C@@](C)(CI)O3)O2)[C@H](C)C[C@@H]1C. The zero-order valence-corrected chi connectivity index (χ0v) is 25.9. The minimum Gasteiger partial charge on any atom is -0.463 e. The average Bonchev–Trinajstić information content (AvgIpc) is 3.23. The van der Waals surface area contributed by atoms with E-state index in [1.165, 1.54) is 24.3 Å². The Balaban J connectivity index is 1.54. The fourth-order valence-corrected chi connectivity index (χ4v) is 6.93. The van der Waals surface area contributed by atoms with Gasteiger partial charge in [0.2, 0.25) is 0 Å². The third-order valence-corrected chi connectivity index (χ3v) is 10.4. The Bertz CT molecular complexity index is 1070. The van der Waals surface area contributed by atoms with Gasteiger partial charge in [0.1, 0.15) is 0 Å². The van der Waals surface area contributed by atoms with Gasteiger partial charge in [-0.3, -0.25) is 0 Å². The van der Waals surface area contributed by atoms with Crippen LogP contribution in [0.5, 0.6) is 0 Å². The lowest BCUT2D eigenvalue weighted by Crippen LogP contribution is -2.58. The molecule has 8 atom stereocenters. The summed E-state index contributed by atoms with van der Waals surface area (Å²) in [5.41, 5.74) is -3.84. The molecule has 0 aromatic heterocycles. The lowest BCUT2D eigenvalue weighted by atomic mass is 9.78. The molecule has 0 bridgehead atoms. The molecule has 224 valence electrons. The van der Waals surface area contributed by atoms with E-state index >= 15 is 0 Å². The fraction of sp³-hybridized carbons (Fsp3) is 0.700. The van der Waals surface area contributed by atoms with Gasteiger partial charge in [-0.25, -0.2) is 4.79 Å². The Kier molecular flexibility index (Phi) is 9.37. The number of hydrogen-bond donors (Lipinski definition) is 0. The van der Waals surface area contributed by atoms with E-state index in [-0.39, 0.29) is 35.5 Å². The zero-order valence-electron chi connectivity index (χ0n) is 23.8. The van der Waals surface area contributed by atoms with Crippen molar-refractivity contribution in [3.63, 3.8) is 0 Å². The summed E-state index contributed by atoms with van der Waals surface area (Å²) in [6.45, 7) is 7.89. The highest BCUT2D eigenvalue weighted by Gasteiger charge is 2.64. The van der Waals surface area contributed by atoms with Gasteiger partial charge in [-0.1, -0.05) is 79.8 Å². The van der Waals surface area contributed by atoms with Gasteiger partial charge < -0.3 is 23.7 Å². The molecular formula is C30H40F3IO6. The zero-order chi connectivity index (χ0) is 29.4. The standard InChI is InChI=1S/C30H40F3IO6/c1-6-22(18-37-25(35)29(36-5,30(31,32)33)23-11-8-7-9-12-23)24-20(2)17-21(3)28(38-24)14-10-13-27(40-28)16-15-26(4,19-34)39-27/h7-12,14,20-22,24H,6,13,15-19H2,1-5H3/t20-,21+,22-,24-,26-,27+,28+,29-/m0/s1. The van der Waals surface area contributed by atoms with E-state index in [0.717, 1.165) is 30.8 Å². The van der Waals surface area contributed by atoms with Gasteiger partial charge in [-0.2, -0.15) is 13.2 Å². The second-order valence-electron chi connectivity index (χ2n) is 11.7. The number of halogens is 4. The van der Waals surface area contributed by atoms with E-state index in [2.05, 4.69) is 49.4 Å². The number of benzene rings is 1. The van der Waals surface area contributed by atoms with Crippen molar-refractivity contribution < 1.29 is 41.7 Å². The van der Waals surface area contributed by atoms with Gasteiger partial charge in [-0.15, -0.1) is 0 Å². The molecule has 2 fully saturated rings. The highest BCUT2D eigenvalue weighted by atomic mass is 127. The molecule has 3 aliphatic rings. The first-order valence-corrected chi connectivity index (χ1v) is 15.5. The first kappa shape index (κ1) is 31.7. The Morgan fingerprint density at radius 1 is 1.18 bits per heavy atom. The van der Waals surface area contributed by atoms with Crippen molar-refractivity contribution >= 4 is 28.6 Å². The summed E-state index contributed by atoms with van der Waals surface area (Å²) in [6, 6.07) is 6.85. The molecule has 10 heteroatoms. The average molecular weight is 681 g/mol. The molecule has 4 rings (SSSR count). The molecule has 3 aliphatic heterocycles. The smallest absolute Gasteiger partial charge is 0.432 e. The summed E-state index contributed by atoms with van der Waals surface area (Å²) in [5.74, 6) is -3.58. The van der Waals surface area contributed by atoms with E-state index in [1.54, 1.807) is 6.07 Å². The quantitative estimate of drug-likeness (QED) is 0.127. The molecule has 2 saturated heterocycles. The van der Waals surface area contributed by atoms with Gasteiger partial charge in [-0.05, 0) is 38.2 Å². The summed E-state index contributed by atoms with van der Waals surface area (Å²) >= 11 is 2.34. The van der Waals surface area contributed by atoms with Crippen LogP contribution in [0.3, 0.4) is 0 Å². The van der Waals surface area contributed by atoms with Gasteiger partial charge in [0.05, 0.1) is 18.3 Å². The van der Waals surface area contributed by atoms with Crippen molar-refractivity contribution in [3.8, 4) is 0 Å². The molecule has 0 N–H and O–H groups in total. The van der Waals surface area contributed by atoms with Crippen molar-refractivity contribution in [1.29, 1.82) is 0 Å². The molecule has 3 heterocycles. The van der Waals surface area contributed by atoms with Crippen LogP contribution in [0.2, 0.25) is 0 Å². The van der Waals surface area contributed by atoms with Crippen LogP contribution in [0.15, 0.2) is 42.5 Å². The number of ether oxygens (including phenoxy) is 5. The molecule has 0 unspecified atom stereocenters. The second-order valence-corrected chi connectivity index (χ2v) is 12.5. The summed E-state index contributed by atoms with van der Waals surface area (Å²) in [5, 5.41) is 0. The van der Waals surface area contributed by atoms with E-state index in [4.69, 9.17) is 23.7 Å². The molecule has 0 aliphatic carbocycles. The number of hydrogen-bond acceptors (Lipinski definition) is 6. The Morgan fingerprint density at radius 3 is 2.45 bits per heavy atom. The maximum absolute atomic E-state index is 14.4. The number of alkyl halides is 4. The van der Waals surface area contributed by atoms with Gasteiger partial charge in [0.25, 0.3) is 5.60 Å². The monoisotopic (exact) mass is 680 g/mol. The van der Waals surface area contributed by atoms with Crippen LogP contribution in [0.1, 0.15) is 65.4 Å². The van der Waals surface area contributed by atoms with Gasteiger partial charge in [0, 0.05) is 41.8 Å². The maximum Gasteiger partial charge on any atom is 0.432 e. The first-order valence-electron chi connectivity index (χ1n) is 14.0. The Labute approximate surface area is 248 Å². The van der Waals surface area contributed by atoms with Crippen molar-refractivity contribution in [2.75, 3.05) is 18.1 Å². The molecule has 0 saturated carbocycles. The topological polar surface area (TPSA) is 63.2 Å². The maximum atomic E-state index is 14.4. The van der Waals surface area contributed by atoms with Crippen LogP contribution in [-0.2, 0) is 34.1 Å². The van der Waals surface area contributed by atoms with Gasteiger partial charge >= 0.3 is 12.1 Å². The number of esters is 1. The van der Waals surface area contributed by atoms with Crippen molar-refractivity contribution in [2.45, 2.75) is 94.9 Å². The molecule has 40 heavy (non-hydrogen) atoms. The highest BCUT2D eigenvalue weighted by Crippen LogP contribution is 2.52. The van der Waals surface area contributed by atoms with Crippen LogP contribution in [0, 0.1) is 17.8 Å². The molecule has 0 radical (unpaired) electrons. The lowest BCUT2D eigenvalue weighted by Gasteiger charge is -2.53. The molecule has 6 nitrogen and oxygen atoms in total. The first-order chi connectivity index (χ1) is 18.8. The van der Waals surface area contributed by atoms with Crippen LogP contribution >= 0.6 is 22.6 Å². The van der Waals surface area contributed by atoms with E-state index in [1.807, 2.05) is 13.0 Å². The van der Waals surface area contributed by atoms with Crippen LogP contribution in [0.4, 0.5) is 13.2 Å². The number of carbonyl (C=O) groups is 1. The summed E-state index contributed by atoms with van der Waals surface area (Å²) in [4.78, 5) is 13.2.